The van der Waals surface area contributed by atoms with Crippen molar-refractivity contribution in [2.45, 2.75) is 39.2 Å². The molecule has 1 amide bonds. The van der Waals surface area contributed by atoms with Crippen LogP contribution in [0.1, 0.15) is 38.2 Å². The van der Waals surface area contributed by atoms with Gasteiger partial charge in [0.15, 0.2) is 0 Å². The molecule has 0 aliphatic carbocycles. The van der Waals surface area contributed by atoms with E-state index in [1.54, 1.807) is 11.3 Å². The second-order valence-corrected chi connectivity index (χ2v) is 6.41. The van der Waals surface area contributed by atoms with E-state index in [-0.39, 0.29) is 18.3 Å². The average Bonchev–Trinajstić information content (AvgIpc) is 2.80. The topological polar surface area (TPSA) is 55.4 Å². The van der Waals surface area contributed by atoms with Crippen LogP contribution in [-0.2, 0) is 20.9 Å². The molecule has 0 aliphatic heterocycles. The first-order valence-corrected chi connectivity index (χ1v) is 7.94. The third-order valence-electron chi connectivity index (χ3n) is 2.38. The number of amides is 1. The number of rotatable bonds is 8. The number of nitrogens with one attached hydrogen (secondary N) is 1. The Balaban J connectivity index is 2.09. The van der Waals surface area contributed by atoms with E-state index in [2.05, 4.69) is 21.2 Å². The molecule has 6 heteroatoms. The highest BCUT2D eigenvalue weighted by Gasteiger charge is 2.07. The van der Waals surface area contributed by atoms with Crippen molar-refractivity contribution in [3.8, 4) is 0 Å². The van der Waals surface area contributed by atoms with Crippen LogP contribution in [0.2, 0.25) is 0 Å². The van der Waals surface area contributed by atoms with E-state index in [1.165, 1.54) is 0 Å². The van der Waals surface area contributed by atoms with E-state index in [0.717, 1.165) is 15.8 Å². The van der Waals surface area contributed by atoms with Crippen LogP contribution in [-0.4, -0.2) is 18.4 Å². The van der Waals surface area contributed by atoms with Crippen molar-refractivity contribution in [2.24, 2.45) is 0 Å². The minimum atomic E-state index is -0.259. The predicted octanol–water partition coefficient (Wildman–Crippen LogP) is 3.25. The molecule has 1 N–H and O–H groups in total. The van der Waals surface area contributed by atoms with E-state index in [1.807, 2.05) is 18.4 Å². The van der Waals surface area contributed by atoms with Crippen LogP contribution in [0.25, 0.3) is 0 Å². The molecule has 0 unspecified atom stereocenters. The van der Waals surface area contributed by atoms with Crippen molar-refractivity contribution >= 4 is 39.1 Å². The van der Waals surface area contributed by atoms with Crippen LogP contribution >= 0.6 is 27.3 Å². The summed E-state index contributed by atoms with van der Waals surface area (Å²) in [6.45, 7) is 2.99. The molecule has 0 fully saturated rings. The fourth-order valence-electron chi connectivity index (χ4n) is 1.40. The Morgan fingerprint density at radius 3 is 2.84 bits per heavy atom. The Bertz CT molecular complexity index is 420. The highest BCUT2D eigenvalue weighted by atomic mass is 79.9. The van der Waals surface area contributed by atoms with Crippen LogP contribution in [0.4, 0.5) is 0 Å². The molecule has 0 aromatic carbocycles. The summed E-state index contributed by atoms with van der Waals surface area (Å²) in [6, 6.07) is 1.93. The van der Waals surface area contributed by atoms with Gasteiger partial charge in [-0.3, -0.25) is 9.59 Å². The fraction of sp³-hybridized carbons (Fsp3) is 0.538. The summed E-state index contributed by atoms with van der Waals surface area (Å²) in [7, 11) is 0. The number of hydrogen-bond donors (Lipinski definition) is 1. The van der Waals surface area contributed by atoms with E-state index < -0.39 is 0 Å². The van der Waals surface area contributed by atoms with Gasteiger partial charge >= 0.3 is 5.97 Å². The van der Waals surface area contributed by atoms with Crippen LogP contribution < -0.4 is 5.32 Å². The lowest BCUT2D eigenvalue weighted by Crippen LogP contribution is -2.23. The van der Waals surface area contributed by atoms with Crippen LogP contribution in [0.3, 0.4) is 0 Å². The summed E-state index contributed by atoms with van der Waals surface area (Å²) in [5.41, 5.74) is 0.978. The van der Waals surface area contributed by atoms with Gasteiger partial charge in [0.1, 0.15) is 6.61 Å². The van der Waals surface area contributed by atoms with E-state index >= 15 is 0 Å². The summed E-state index contributed by atoms with van der Waals surface area (Å²) < 4.78 is 6.14. The van der Waals surface area contributed by atoms with Gasteiger partial charge in [-0.15, -0.1) is 11.3 Å². The van der Waals surface area contributed by atoms with Gasteiger partial charge in [0.25, 0.3) is 0 Å². The Morgan fingerprint density at radius 1 is 1.42 bits per heavy atom. The van der Waals surface area contributed by atoms with Crippen molar-refractivity contribution in [3.05, 3.63) is 20.8 Å². The Kier molecular flexibility index (Phi) is 7.74. The molecule has 106 valence electrons. The SMILES string of the molecule is CCCNC(=O)CCCC(=O)OCc1csc(Br)c1. The number of carbonyl (C=O) groups is 2. The van der Waals surface area contributed by atoms with Crippen LogP contribution in [0.5, 0.6) is 0 Å². The molecule has 1 aromatic heterocycles. The van der Waals surface area contributed by atoms with Crippen molar-refractivity contribution in [1.82, 2.24) is 5.32 Å². The van der Waals surface area contributed by atoms with E-state index in [0.29, 0.717) is 26.0 Å². The number of ether oxygens (including phenoxy) is 1. The quantitative estimate of drug-likeness (QED) is 0.734. The summed E-state index contributed by atoms with van der Waals surface area (Å²) in [6.07, 6.45) is 2.11. The minimum absolute atomic E-state index is 0.00332. The highest BCUT2D eigenvalue weighted by Crippen LogP contribution is 2.21. The Hall–Kier alpha value is -0.880. The summed E-state index contributed by atoms with van der Waals surface area (Å²) in [5.74, 6) is -0.262. The molecule has 1 heterocycles. The zero-order valence-electron chi connectivity index (χ0n) is 10.9. The molecule has 1 aromatic rings. The molecule has 1 rings (SSSR count). The molecule has 4 nitrogen and oxygen atoms in total. The molecule has 0 bridgehead atoms. The van der Waals surface area contributed by atoms with E-state index in [9.17, 15) is 9.59 Å². The smallest absolute Gasteiger partial charge is 0.306 e. The summed E-state index contributed by atoms with van der Waals surface area (Å²) in [4.78, 5) is 22.8. The number of esters is 1. The monoisotopic (exact) mass is 347 g/mol. The maximum Gasteiger partial charge on any atom is 0.306 e. The van der Waals surface area contributed by atoms with Crippen molar-refractivity contribution < 1.29 is 14.3 Å². The predicted molar refractivity (Wildman–Crippen MR) is 79.0 cm³/mol. The number of carbonyl (C=O) groups excluding carboxylic acids is 2. The Labute approximate surface area is 125 Å². The van der Waals surface area contributed by atoms with Crippen molar-refractivity contribution in [3.63, 3.8) is 0 Å². The third kappa shape index (κ3) is 7.32. The van der Waals surface area contributed by atoms with Gasteiger partial charge in [0.2, 0.25) is 5.91 Å². The average molecular weight is 348 g/mol. The number of halogens is 1. The van der Waals surface area contributed by atoms with Gasteiger partial charge < -0.3 is 10.1 Å². The number of thiophene rings is 1. The van der Waals surface area contributed by atoms with Gasteiger partial charge in [0.05, 0.1) is 3.79 Å². The standard InChI is InChI=1S/C13H18BrNO3S/c1-2-6-15-12(16)4-3-5-13(17)18-8-10-7-11(14)19-9-10/h7,9H,2-6,8H2,1H3,(H,15,16). The lowest BCUT2D eigenvalue weighted by Gasteiger charge is -2.04. The van der Waals surface area contributed by atoms with E-state index in [4.69, 9.17) is 4.74 Å². The molecule has 19 heavy (non-hydrogen) atoms. The van der Waals surface area contributed by atoms with Crippen LogP contribution in [0, 0.1) is 0 Å². The zero-order valence-corrected chi connectivity index (χ0v) is 13.3. The largest absolute Gasteiger partial charge is 0.461 e. The molecule has 0 atom stereocenters. The summed E-state index contributed by atoms with van der Waals surface area (Å²) in [5, 5.41) is 4.71. The Morgan fingerprint density at radius 2 is 2.21 bits per heavy atom. The first kappa shape index (κ1) is 16.2. The molecule has 0 aliphatic rings. The highest BCUT2D eigenvalue weighted by molar-refractivity contribution is 9.11. The van der Waals surface area contributed by atoms with Crippen molar-refractivity contribution in [2.75, 3.05) is 6.54 Å². The third-order valence-corrected chi connectivity index (χ3v) is 3.93. The molecular formula is C13H18BrNO3S. The zero-order chi connectivity index (χ0) is 14.1. The van der Waals surface area contributed by atoms with Crippen molar-refractivity contribution in [1.29, 1.82) is 0 Å². The minimum Gasteiger partial charge on any atom is -0.461 e. The maximum absolute atomic E-state index is 11.5. The molecule has 0 radical (unpaired) electrons. The molecule has 0 saturated carbocycles. The second-order valence-electron chi connectivity index (χ2n) is 4.12. The first-order chi connectivity index (χ1) is 9.11. The van der Waals surface area contributed by atoms with Gasteiger partial charge in [-0.25, -0.2) is 0 Å². The van der Waals surface area contributed by atoms with Gasteiger partial charge in [-0.1, -0.05) is 6.92 Å². The van der Waals surface area contributed by atoms with Gasteiger partial charge in [0, 0.05) is 24.9 Å². The first-order valence-electron chi connectivity index (χ1n) is 6.27. The lowest BCUT2D eigenvalue weighted by atomic mass is 10.2. The second kappa shape index (κ2) is 9.09. The molecule has 0 saturated heterocycles. The molecular weight excluding hydrogens is 330 g/mol. The van der Waals surface area contributed by atoms with Gasteiger partial charge in [-0.2, -0.15) is 0 Å². The number of hydrogen-bond acceptors (Lipinski definition) is 4. The normalized spacial score (nSPS) is 10.2. The van der Waals surface area contributed by atoms with Crippen LogP contribution in [0.15, 0.2) is 15.2 Å². The maximum atomic E-state index is 11.5. The lowest BCUT2D eigenvalue weighted by molar-refractivity contribution is -0.145. The van der Waals surface area contributed by atoms with Gasteiger partial charge in [-0.05, 0) is 40.2 Å². The summed E-state index contributed by atoms with van der Waals surface area (Å²) >= 11 is 4.91. The fourth-order valence-corrected chi connectivity index (χ4v) is 2.60. The molecule has 0 spiro atoms.